The van der Waals surface area contributed by atoms with E-state index in [-0.39, 0.29) is 5.41 Å². The molecule has 0 amide bonds. The molecule has 152 valence electrons. The van der Waals surface area contributed by atoms with Crippen molar-refractivity contribution in [2.45, 2.75) is 46.1 Å². The monoisotopic (exact) mass is 406 g/mol. The molecule has 4 nitrogen and oxygen atoms in total. The number of fused-ring (bicyclic) bond motifs is 2. The summed E-state index contributed by atoms with van der Waals surface area (Å²) in [5, 5.41) is 11.8. The Morgan fingerprint density at radius 2 is 1.97 bits per heavy atom. The summed E-state index contributed by atoms with van der Waals surface area (Å²) < 4.78 is 0. The van der Waals surface area contributed by atoms with Gasteiger partial charge in [-0.1, -0.05) is 57.3 Å². The van der Waals surface area contributed by atoms with E-state index in [0.29, 0.717) is 6.04 Å². The van der Waals surface area contributed by atoms with E-state index in [1.807, 2.05) is 7.05 Å². The summed E-state index contributed by atoms with van der Waals surface area (Å²) in [6.07, 6.45) is 2.99. The van der Waals surface area contributed by atoms with Gasteiger partial charge >= 0.3 is 0 Å². The molecule has 0 saturated heterocycles. The number of rotatable bonds is 5. The van der Waals surface area contributed by atoms with E-state index in [1.54, 1.807) is 0 Å². The van der Waals surface area contributed by atoms with Crippen molar-refractivity contribution in [2.24, 2.45) is 5.41 Å². The summed E-state index contributed by atoms with van der Waals surface area (Å²) in [7, 11) is 1.99. The number of para-hydroxylation sites is 1. The van der Waals surface area contributed by atoms with Crippen LogP contribution in [0.4, 0.5) is 17.2 Å². The number of aromatic amines is 1. The Kier molecular flexibility index (Phi) is 5.26. The SMILES string of the molecule is CNc1c(NC(=S)CC(C)(C)C)ccc2c1CCC2Nc1cc2ccccc2[nH]1. The Balaban J connectivity index is 1.56. The van der Waals surface area contributed by atoms with E-state index in [1.165, 1.54) is 22.2 Å². The molecular formula is C24H30N4S. The zero-order valence-corrected chi connectivity index (χ0v) is 18.5. The van der Waals surface area contributed by atoms with Crippen molar-refractivity contribution in [3.05, 3.63) is 53.6 Å². The molecule has 3 aromatic rings. The summed E-state index contributed by atoms with van der Waals surface area (Å²) in [6, 6.07) is 15.3. The van der Waals surface area contributed by atoms with Gasteiger partial charge in [0.25, 0.3) is 0 Å². The van der Waals surface area contributed by atoms with Crippen LogP contribution in [0.25, 0.3) is 10.9 Å². The van der Waals surface area contributed by atoms with Crippen molar-refractivity contribution in [2.75, 3.05) is 23.0 Å². The molecule has 0 aliphatic heterocycles. The van der Waals surface area contributed by atoms with E-state index in [9.17, 15) is 0 Å². The molecule has 0 spiro atoms. The van der Waals surface area contributed by atoms with Gasteiger partial charge in [0.2, 0.25) is 0 Å². The summed E-state index contributed by atoms with van der Waals surface area (Å²) in [6.45, 7) is 6.63. The van der Waals surface area contributed by atoms with Crippen LogP contribution in [0.2, 0.25) is 0 Å². The summed E-state index contributed by atoms with van der Waals surface area (Å²) in [5.41, 5.74) is 6.32. The fraction of sp³-hybridized carbons (Fsp3) is 0.375. The van der Waals surface area contributed by atoms with Crippen molar-refractivity contribution in [1.82, 2.24) is 4.98 Å². The molecule has 1 aliphatic carbocycles. The van der Waals surface area contributed by atoms with E-state index in [0.717, 1.165) is 41.3 Å². The molecule has 1 atom stereocenters. The number of thiocarbonyl (C=S) groups is 1. The molecule has 4 rings (SSSR count). The fourth-order valence-corrected chi connectivity index (χ4v) is 4.80. The Labute approximate surface area is 178 Å². The van der Waals surface area contributed by atoms with Crippen molar-refractivity contribution in [3.63, 3.8) is 0 Å². The number of nitrogens with one attached hydrogen (secondary N) is 4. The normalized spacial score (nSPS) is 15.9. The minimum absolute atomic E-state index is 0.176. The topological polar surface area (TPSA) is 51.9 Å². The maximum atomic E-state index is 5.61. The molecule has 0 saturated carbocycles. The van der Waals surface area contributed by atoms with Gasteiger partial charge in [-0.05, 0) is 47.6 Å². The first-order valence-corrected chi connectivity index (χ1v) is 10.7. The van der Waals surface area contributed by atoms with Crippen LogP contribution in [-0.2, 0) is 6.42 Å². The third-order valence-electron chi connectivity index (χ3n) is 5.48. The largest absolute Gasteiger partial charge is 0.386 e. The van der Waals surface area contributed by atoms with Crippen LogP contribution in [0.15, 0.2) is 42.5 Å². The fourth-order valence-electron chi connectivity index (χ4n) is 4.26. The molecule has 5 heteroatoms. The van der Waals surface area contributed by atoms with Gasteiger partial charge in [0, 0.05) is 24.4 Å². The predicted molar refractivity (Wildman–Crippen MR) is 129 cm³/mol. The number of hydrogen-bond donors (Lipinski definition) is 4. The Morgan fingerprint density at radius 3 is 2.69 bits per heavy atom. The van der Waals surface area contributed by atoms with E-state index in [4.69, 9.17) is 12.2 Å². The molecule has 0 fully saturated rings. The third-order valence-corrected chi connectivity index (χ3v) is 5.73. The number of H-pyrrole nitrogens is 1. The van der Waals surface area contributed by atoms with Crippen LogP contribution in [0.5, 0.6) is 0 Å². The van der Waals surface area contributed by atoms with Gasteiger partial charge in [-0.3, -0.25) is 0 Å². The van der Waals surface area contributed by atoms with Gasteiger partial charge in [0.15, 0.2) is 0 Å². The Hall–Kier alpha value is -2.53. The molecule has 29 heavy (non-hydrogen) atoms. The third kappa shape index (κ3) is 4.25. The maximum Gasteiger partial charge on any atom is 0.104 e. The Bertz CT molecular complexity index is 1010. The van der Waals surface area contributed by atoms with Gasteiger partial charge in [0.05, 0.1) is 22.4 Å². The van der Waals surface area contributed by atoms with Gasteiger partial charge in [-0.15, -0.1) is 0 Å². The van der Waals surface area contributed by atoms with Crippen molar-refractivity contribution >= 4 is 45.3 Å². The standard InChI is InChI=1S/C24H30N4S/c1-24(2,3)14-22(29)28-20-12-9-16-17(23(20)25-4)10-11-19(16)27-21-13-15-7-5-6-8-18(15)26-21/h5-9,12-13,19,25-27H,10-11,14H2,1-4H3,(H,28,29). The molecule has 0 bridgehead atoms. The second-order valence-corrected chi connectivity index (χ2v) is 9.59. The first kappa shape index (κ1) is 19.8. The predicted octanol–water partition coefficient (Wildman–Crippen LogP) is 6.48. The molecule has 1 aromatic heterocycles. The number of hydrogen-bond acceptors (Lipinski definition) is 3. The smallest absolute Gasteiger partial charge is 0.104 e. The van der Waals surface area contributed by atoms with Crippen molar-refractivity contribution in [1.29, 1.82) is 0 Å². The van der Waals surface area contributed by atoms with E-state index < -0.39 is 0 Å². The zero-order valence-electron chi connectivity index (χ0n) is 17.6. The number of aromatic nitrogens is 1. The van der Waals surface area contributed by atoms with Crippen LogP contribution in [0, 0.1) is 5.41 Å². The van der Waals surface area contributed by atoms with E-state index in [2.05, 4.69) is 84.2 Å². The minimum Gasteiger partial charge on any atom is -0.386 e. The number of benzene rings is 2. The first-order valence-electron chi connectivity index (χ1n) is 10.3. The molecule has 1 unspecified atom stereocenters. The average molecular weight is 407 g/mol. The van der Waals surface area contributed by atoms with Crippen LogP contribution >= 0.6 is 12.2 Å². The lowest BCUT2D eigenvalue weighted by molar-refractivity contribution is 0.436. The highest BCUT2D eigenvalue weighted by Crippen LogP contribution is 2.41. The first-order chi connectivity index (χ1) is 13.8. The molecule has 2 aromatic carbocycles. The van der Waals surface area contributed by atoms with Gasteiger partial charge in [0.1, 0.15) is 5.82 Å². The highest BCUT2D eigenvalue weighted by atomic mass is 32.1. The van der Waals surface area contributed by atoms with Gasteiger partial charge in [-0.2, -0.15) is 0 Å². The second kappa shape index (κ2) is 7.71. The summed E-state index contributed by atoms with van der Waals surface area (Å²) in [5.74, 6) is 1.07. The lowest BCUT2D eigenvalue weighted by Crippen LogP contribution is -2.19. The molecule has 1 aliphatic rings. The lowest BCUT2D eigenvalue weighted by atomic mass is 9.92. The highest BCUT2D eigenvalue weighted by Gasteiger charge is 2.27. The van der Waals surface area contributed by atoms with Crippen LogP contribution < -0.4 is 16.0 Å². The Morgan fingerprint density at radius 1 is 1.17 bits per heavy atom. The van der Waals surface area contributed by atoms with Crippen LogP contribution in [0.1, 0.15) is 50.8 Å². The molecule has 4 N–H and O–H groups in total. The molecular weight excluding hydrogens is 376 g/mol. The minimum atomic E-state index is 0.176. The van der Waals surface area contributed by atoms with Crippen molar-refractivity contribution < 1.29 is 0 Å². The maximum absolute atomic E-state index is 5.61. The molecule has 0 radical (unpaired) electrons. The lowest BCUT2D eigenvalue weighted by Gasteiger charge is -2.22. The molecule has 1 heterocycles. The van der Waals surface area contributed by atoms with Crippen LogP contribution in [0.3, 0.4) is 0 Å². The highest BCUT2D eigenvalue weighted by molar-refractivity contribution is 7.80. The average Bonchev–Trinajstić information content (AvgIpc) is 3.24. The van der Waals surface area contributed by atoms with Crippen LogP contribution in [-0.4, -0.2) is 17.0 Å². The van der Waals surface area contributed by atoms with Gasteiger partial charge in [-0.25, -0.2) is 0 Å². The zero-order chi connectivity index (χ0) is 20.6. The summed E-state index contributed by atoms with van der Waals surface area (Å²) in [4.78, 5) is 4.37. The quantitative estimate of drug-likeness (QED) is 0.366. The van der Waals surface area contributed by atoms with Gasteiger partial charge < -0.3 is 20.9 Å². The second-order valence-electron chi connectivity index (χ2n) is 9.10. The van der Waals surface area contributed by atoms with E-state index >= 15 is 0 Å². The summed E-state index contributed by atoms with van der Waals surface area (Å²) >= 11 is 5.61. The van der Waals surface area contributed by atoms with Crippen molar-refractivity contribution in [3.8, 4) is 0 Å². The number of anilines is 3.